The van der Waals surface area contributed by atoms with Gasteiger partial charge in [0.2, 0.25) is 0 Å². The molecule has 0 unspecified atom stereocenters. The predicted molar refractivity (Wildman–Crippen MR) is 69.3 cm³/mol. The Kier molecular flexibility index (Phi) is 6.60. The molecule has 1 fully saturated rings. The van der Waals surface area contributed by atoms with Crippen molar-refractivity contribution in [3.63, 3.8) is 0 Å². The van der Waals surface area contributed by atoms with Gasteiger partial charge in [0.25, 0.3) is 11.8 Å². The molecule has 0 bridgehead atoms. The standard InChI is InChI=1S/C10H13NO2.C2H4Cl2/c12-9-6-7-10(13)11(9)8-4-2-1-3-5-8;3-1-2-4/h6-8H,1-5H2;1-2H2. The molecule has 5 heteroatoms. The summed E-state index contributed by atoms with van der Waals surface area (Å²) in [4.78, 5) is 24.0. The molecule has 0 spiro atoms. The average Bonchev–Trinajstić information content (AvgIpc) is 2.70. The van der Waals surface area contributed by atoms with Crippen molar-refractivity contribution in [2.75, 3.05) is 11.8 Å². The van der Waals surface area contributed by atoms with Gasteiger partial charge < -0.3 is 0 Å². The summed E-state index contributed by atoms with van der Waals surface area (Å²) in [5.74, 6) is 0.858. The first-order valence-electron chi connectivity index (χ1n) is 5.88. The van der Waals surface area contributed by atoms with Crippen molar-refractivity contribution in [1.82, 2.24) is 4.90 Å². The van der Waals surface area contributed by atoms with E-state index in [9.17, 15) is 9.59 Å². The quantitative estimate of drug-likeness (QED) is 0.575. The van der Waals surface area contributed by atoms with Crippen LogP contribution in [-0.2, 0) is 9.59 Å². The number of alkyl halides is 2. The third-order valence-corrected chi connectivity index (χ3v) is 3.43. The average molecular weight is 278 g/mol. The molecule has 0 N–H and O–H groups in total. The first-order chi connectivity index (χ1) is 8.20. The number of nitrogens with zero attached hydrogens (tertiary/aromatic N) is 1. The molecule has 1 heterocycles. The Morgan fingerprint density at radius 2 is 1.47 bits per heavy atom. The lowest BCUT2D eigenvalue weighted by Crippen LogP contribution is -2.41. The van der Waals surface area contributed by atoms with Crippen LogP contribution in [0.5, 0.6) is 0 Å². The molecule has 0 aromatic heterocycles. The minimum Gasteiger partial charge on any atom is -0.272 e. The summed E-state index contributed by atoms with van der Waals surface area (Å²) in [5.41, 5.74) is 0. The summed E-state index contributed by atoms with van der Waals surface area (Å²) in [7, 11) is 0. The maximum absolute atomic E-state index is 11.3. The number of halogens is 2. The zero-order chi connectivity index (χ0) is 12.7. The SMILES string of the molecule is ClCCCl.O=C1C=CC(=O)N1C1CCCCC1. The lowest BCUT2D eigenvalue weighted by molar-refractivity contribution is -0.140. The zero-order valence-electron chi connectivity index (χ0n) is 9.70. The Morgan fingerprint density at radius 1 is 1.00 bits per heavy atom. The maximum Gasteiger partial charge on any atom is 0.253 e. The molecular weight excluding hydrogens is 261 g/mol. The zero-order valence-corrected chi connectivity index (χ0v) is 11.2. The molecule has 0 aromatic carbocycles. The van der Waals surface area contributed by atoms with E-state index in [0.29, 0.717) is 11.8 Å². The molecule has 2 amide bonds. The third-order valence-electron chi connectivity index (χ3n) is 2.85. The number of rotatable bonds is 2. The van der Waals surface area contributed by atoms with E-state index in [1.165, 1.54) is 23.5 Å². The van der Waals surface area contributed by atoms with Gasteiger partial charge in [-0.25, -0.2) is 0 Å². The van der Waals surface area contributed by atoms with Crippen LogP contribution in [0.25, 0.3) is 0 Å². The summed E-state index contributed by atoms with van der Waals surface area (Å²) in [6, 6.07) is 0.170. The van der Waals surface area contributed by atoms with Gasteiger partial charge in [-0.15, -0.1) is 23.2 Å². The topological polar surface area (TPSA) is 37.4 Å². The van der Waals surface area contributed by atoms with E-state index < -0.39 is 0 Å². The molecular formula is C12H17Cl2NO2. The fraction of sp³-hybridized carbons (Fsp3) is 0.667. The molecule has 1 aliphatic heterocycles. The molecule has 1 aliphatic carbocycles. The van der Waals surface area contributed by atoms with Crippen LogP contribution in [0, 0.1) is 0 Å². The molecule has 17 heavy (non-hydrogen) atoms. The Hall–Kier alpha value is -0.540. The monoisotopic (exact) mass is 277 g/mol. The van der Waals surface area contributed by atoms with Crippen molar-refractivity contribution < 1.29 is 9.59 Å². The molecule has 3 nitrogen and oxygen atoms in total. The Morgan fingerprint density at radius 3 is 1.88 bits per heavy atom. The number of carbonyl (C=O) groups is 2. The van der Waals surface area contributed by atoms with Gasteiger partial charge in [-0.3, -0.25) is 14.5 Å². The number of hydrogen-bond donors (Lipinski definition) is 0. The normalized spacial score (nSPS) is 20.5. The first-order valence-corrected chi connectivity index (χ1v) is 6.94. The van der Waals surface area contributed by atoms with E-state index in [0.717, 1.165) is 25.7 Å². The van der Waals surface area contributed by atoms with E-state index in [-0.39, 0.29) is 17.9 Å². The minimum absolute atomic E-state index is 0.128. The van der Waals surface area contributed by atoms with Crippen molar-refractivity contribution >= 4 is 35.0 Å². The van der Waals surface area contributed by atoms with Gasteiger partial charge in [-0.05, 0) is 12.8 Å². The Labute approximate surface area is 112 Å². The molecule has 0 aromatic rings. The van der Waals surface area contributed by atoms with Crippen LogP contribution in [-0.4, -0.2) is 34.5 Å². The minimum atomic E-state index is -0.128. The second kappa shape index (κ2) is 7.72. The highest BCUT2D eigenvalue weighted by molar-refractivity contribution is 6.25. The fourth-order valence-corrected chi connectivity index (χ4v) is 2.11. The summed E-state index contributed by atoms with van der Waals surface area (Å²) in [6.07, 6.45) is 8.23. The van der Waals surface area contributed by atoms with Crippen LogP contribution in [0.4, 0.5) is 0 Å². The second-order valence-corrected chi connectivity index (χ2v) is 4.81. The van der Waals surface area contributed by atoms with Gasteiger partial charge in [-0.2, -0.15) is 0 Å². The molecule has 0 radical (unpaired) electrons. The molecule has 96 valence electrons. The largest absolute Gasteiger partial charge is 0.272 e. The van der Waals surface area contributed by atoms with Crippen molar-refractivity contribution in [2.45, 2.75) is 38.1 Å². The van der Waals surface area contributed by atoms with Gasteiger partial charge in [0.15, 0.2) is 0 Å². The van der Waals surface area contributed by atoms with E-state index in [2.05, 4.69) is 0 Å². The van der Waals surface area contributed by atoms with Gasteiger partial charge in [0.05, 0.1) is 0 Å². The van der Waals surface area contributed by atoms with Crippen LogP contribution in [0.2, 0.25) is 0 Å². The molecule has 2 rings (SSSR count). The summed E-state index contributed by atoms with van der Waals surface area (Å²) >= 11 is 10.1. The highest BCUT2D eigenvalue weighted by atomic mass is 35.5. The molecule has 0 atom stereocenters. The second-order valence-electron chi connectivity index (χ2n) is 4.05. The van der Waals surface area contributed by atoms with Crippen LogP contribution >= 0.6 is 23.2 Å². The van der Waals surface area contributed by atoms with Crippen LogP contribution in [0.1, 0.15) is 32.1 Å². The smallest absolute Gasteiger partial charge is 0.253 e. The van der Waals surface area contributed by atoms with E-state index in [1.807, 2.05) is 0 Å². The number of imide groups is 1. The van der Waals surface area contributed by atoms with Crippen molar-refractivity contribution in [3.8, 4) is 0 Å². The number of amides is 2. The van der Waals surface area contributed by atoms with Crippen LogP contribution in [0.15, 0.2) is 12.2 Å². The summed E-state index contributed by atoms with van der Waals surface area (Å²) in [5, 5.41) is 0. The van der Waals surface area contributed by atoms with E-state index in [4.69, 9.17) is 23.2 Å². The lowest BCUT2D eigenvalue weighted by Gasteiger charge is -2.29. The molecule has 2 aliphatic rings. The lowest BCUT2D eigenvalue weighted by atomic mass is 9.94. The van der Waals surface area contributed by atoms with Crippen molar-refractivity contribution in [1.29, 1.82) is 0 Å². The highest BCUT2D eigenvalue weighted by Gasteiger charge is 2.31. The predicted octanol–water partition coefficient (Wildman–Crippen LogP) is 2.71. The van der Waals surface area contributed by atoms with Gasteiger partial charge in [0.1, 0.15) is 0 Å². The van der Waals surface area contributed by atoms with Crippen molar-refractivity contribution in [2.24, 2.45) is 0 Å². The number of carbonyl (C=O) groups excluding carboxylic acids is 2. The maximum atomic E-state index is 11.3. The van der Waals surface area contributed by atoms with Gasteiger partial charge in [0, 0.05) is 30.0 Å². The first kappa shape index (κ1) is 14.5. The van der Waals surface area contributed by atoms with Gasteiger partial charge in [-0.1, -0.05) is 19.3 Å². The van der Waals surface area contributed by atoms with Crippen LogP contribution in [0.3, 0.4) is 0 Å². The number of hydrogen-bond acceptors (Lipinski definition) is 2. The summed E-state index contributed by atoms with van der Waals surface area (Å²) < 4.78 is 0. The molecule has 0 saturated heterocycles. The van der Waals surface area contributed by atoms with E-state index >= 15 is 0 Å². The summed E-state index contributed by atoms with van der Waals surface area (Å²) in [6.45, 7) is 0. The van der Waals surface area contributed by atoms with E-state index in [1.54, 1.807) is 0 Å². The third kappa shape index (κ3) is 4.32. The fourth-order valence-electron chi connectivity index (χ4n) is 2.11. The van der Waals surface area contributed by atoms with Gasteiger partial charge >= 0.3 is 0 Å². The van der Waals surface area contributed by atoms with Crippen LogP contribution < -0.4 is 0 Å². The molecule has 1 saturated carbocycles. The Balaban J connectivity index is 0.000000317. The Bertz CT molecular complexity index is 279. The highest BCUT2D eigenvalue weighted by Crippen LogP contribution is 2.24. The van der Waals surface area contributed by atoms with Crippen molar-refractivity contribution in [3.05, 3.63) is 12.2 Å².